The van der Waals surface area contributed by atoms with Crippen LogP contribution in [0.4, 0.5) is 0 Å². The van der Waals surface area contributed by atoms with Gasteiger partial charge in [-0.3, -0.25) is 4.79 Å². The number of hydrogen-bond donors (Lipinski definition) is 0. The van der Waals surface area contributed by atoms with Gasteiger partial charge >= 0.3 is 0 Å². The van der Waals surface area contributed by atoms with E-state index in [1.54, 1.807) is 12.1 Å². The van der Waals surface area contributed by atoms with Crippen LogP contribution in [0.2, 0.25) is 0 Å². The number of benzene rings is 2. The van der Waals surface area contributed by atoms with E-state index in [1.807, 2.05) is 35.8 Å². The van der Waals surface area contributed by atoms with Crippen LogP contribution in [0, 0.1) is 6.92 Å². The normalized spacial score (nSPS) is 10.8. The topological polar surface area (TPSA) is 57.0 Å². The van der Waals surface area contributed by atoms with E-state index in [9.17, 15) is 4.79 Å². The van der Waals surface area contributed by atoms with Crippen molar-refractivity contribution in [2.24, 2.45) is 0 Å². The van der Waals surface area contributed by atoms with Crippen molar-refractivity contribution < 1.29 is 9.53 Å². The Morgan fingerprint density at radius 3 is 2.56 bits per heavy atom. The summed E-state index contributed by atoms with van der Waals surface area (Å²) in [5.41, 5.74) is 2.89. The Bertz CT molecular complexity index is 919. The molecule has 0 fully saturated rings. The predicted octanol–water partition coefficient (Wildman–Crippen LogP) is 4.65. The maximum absolute atomic E-state index is 12.5. The number of nitrogens with zero attached hydrogens (tertiary/aromatic N) is 3. The average molecular weight is 382 g/mol. The van der Waals surface area contributed by atoms with E-state index in [4.69, 9.17) is 4.74 Å². The predicted molar refractivity (Wildman–Crippen MR) is 109 cm³/mol. The fourth-order valence-corrected chi connectivity index (χ4v) is 3.69. The van der Waals surface area contributed by atoms with Gasteiger partial charge in [0.2, 0.25) is 0 Å². The Kier molecular flexibility index (Phi) is 6.29. The van der Waals surface area contributed by atoms with Crippen LogP contribution in [-0.4, -0.2) is 32.9 Å². The van der Waals surface area contributed by atoms with Gasteiger partial charge < -0.3 is 9.30 Å². The Balaban J connectivity index is 1.71. The highest BCUT2D eigenvalue weighted by atomic mass is 32.2. The van der Waals surface area contributed by atoms with Crippen molar-refractivity contribution in [2.75, 3.05) is 12.4 Å². The molecule has 140 valence electrons. The van der Waals surface area contributed by atoms with E-state index in [-0.39, 0.29) is 5.78 Å². The fraction of sp³-hybridized carbons (Fsp3) is 0.286. The van der Waals surface area contributed by atoms with Crippen LogP contribution >= 0.6 is 11.8 Å². The molecule has 1 aromatic heterocycles. The van der Waals surface area contributed by atoms with Crippen molar-refractivity contribution in [1.82, 2.24) is 14.8 Å². The lowest BCUT2D eigenvalue weighted by atomic mass is 10.1. The number of ether oxygens (including phenoxy) is 1. The fourth-order valence-electron chi connectivity index (χ4n) is 2.80. The molecule has 0 saturated heterocycles. The number of rotatable bonds is 8. The van der Waals surface area contributed by atoms with Gasteiger partial charge in [-0.05, 0) is 51.1 Å². The summed E-state index contributed by atoms with van der Waals surface area (Å²) in [5.74, 6) is 1.98. The Morgan fingerprint density at radius 2 is 1.89 bits per heavy atom. The number of carbonyl (C=O) groups is 1. The highest BCUT2D eigenvalue weighted by molar-refractivity contribution is 7.99. The highest BCUT2D eigenvalue weighted by Gasteiger charge is 2.15. The first-order valence-corrected chi connectivity index (χ1v) is 10.00. The van der Waals surface area contributed by atoms with Crippen molar-refractivity contribution in [1.29, 1.82) is 0 Å². The van der Waals surface area contributed by atoms with Crippen LogP contribution in [0.1, 0.15) is 29.8 Å². The monoisotopic (exact) mass is 381 g/mol. The summed E-state index contributed by atoms with van der Waals surface area (Å²) in [4.78, 5) is 12.5. The number of carbonyl (C=O) groups excluding carboxylic acids is 1. The Labute approximate surface area is 163 Å². The number of aryl methyl sites for hydroxylation is 1. The number of aromatic nitrogens is 3. The SMILES string of the molecule is CCOc1ccc(C(=O)CSc2nnc(-c3cccc(C)c3)n2CC)cc1. The lowest BCUT2D eigenvalue weighted by Crippen LogP contribution is -2.05. The smallest absolute Gasteiger partial charge is 0.191 e. The third-order valence-electron chi connectivity index (χ3n) is 4.13. The molecule has 0 aliphatic rings. The standard InChI is InChI=1S/C21H23N3O2S/c1-4-24-20(17-8-6-7-15(3)13-17)22-23-21(24)27-14-19(25)16-9-11-18(12-10-16)26-5-2/h6-13H,4-5,14H2,1-3H3. The van der Waals surface area contributed by atoms with Gasteiger partial charge in [0, 0.05) is 17.7 Å². The van der Waals surface area contributed by atoms with Crippen LogP contribution < -0.4 is 4.74 Å². The summed E-state index contributed by atoms with van der Waals surface area (Å²) in [6.45, 7) is 7.40. The first kappa shape index (κ1) is 19.2. The Hall–Kier alpha value is -2.60. The minimum absolute atomic E-state index is 0.0609. The van der Waals surface area contributed by atoms with Gasteiger partial charge in [-0.25, -0.2) is 0 Å². The van der Waals surface area contributed by atoms with Crippen molar-refractivity contribution >= 4 is 17.5 Å². The molecule has 2 aromatic carbocycles. The minimum atomic E-state index is 0.0609. The molecule has 0 spiro atoms. The second-order valence-corrected chi connectivity index (χ2v) is 7.03. The van der Waals surface area contributed by atoms with E-state index in [0.717, 1.165) is 28.8 Å². The molecule has 0 saturated carbocycles. The molecule has 27 heavy (non-hydrogen) atoms. The van der Waals surface area contributed by atoms with Crippen LogP contribution in [0.3, 0.4) is 0 Å². The summed E-state index contributed by atoms with van der Waals surface area (Å²) in [6, 6.07) is 15.5. The van der Waals surface area contributed by atoms with Crippen molar-refractivity contribution in [3.8, 4) is 17.1 Å². The molecule has 0 bridgehead atoms. The van der Waals surface area contributed by atoms with Gasteiger partial charge in [-0.1, -0.05) is 35.5 Å². The number of thioether (sulfide) groups is 1. The Morgan fingerprint density at radius 1 is 1.11 bits per heavy atom. The molecule has 1 heterocycles. The van der Waals surface area contributed by atoms with Crippen LogP contribution in [-0.2, 0) is 6.54 Å². The number of ketones is 1. The van der Waals surface area contributed by atoms with Crippen LogP contribution in [0.25, 0.3) is 11.4 Å². The molecular weight excluding hydrogens is 358 g/mol. The third kappa shape index (κ3) is 4.57. The molecule has 0 N–H and O–H groups in total. The molecule has 0 aliphatic carbocycles. The van der Waals surface area contributed by atoms with Gasteiger partial charge in [0.15, 0.2) is 16.8 Å². The van der Waals surface area contributed by atoms with E-state index in [2.05, 4.69) is 36.2 Å². The zero-order valence-corrected chi connectivity index (χ0v) is 16.6. The van der Waals surface area contributed by atoms with Gasteiger partial charge in [-0.2, -0.15) is 0 Å². The summed E-state index contributed by atoms with van der Waals surface area (Å²) in [5, 5.41) is 9.40. The molecule has 0 radical (unpaired) electrons. The molecule has 0 atom stereocenters. The molecule has 3 aromatic rings. The van der Waals surface area contributed by atoms with Crippen molar-refractivity contribution in [3.63, 3.8) is 0 Å². The van der Waals surface area contributed by atoms with E-state index >= 15 is 0 Å². The molecule has 0 unspecified atom stereocenters. The van der Waals surface area contributed by atoms with Crippen molar-refractivity contribution in [2.45, 2.75) is 32.5 Å². The summed E-state index contributed by atoms with van der Waals surface area (Å²) in [6.07, 6.45) is 0. The maximum Gasteiger partial charge on any atom is 0.191 e. The maximum atomic E-state index is 12.5. The molecule has 5 nitrogen and oxygen atoms in total. The summed E-state index contributed by atoms with van der Waals surface area (Å²) < 4.78 is 7.46. The van der Waals surface area contributed by atoms with Crippen LogP contribution in [0.15, 0.2) is 53.7 Å². The zero-order chi connectivity index (χ0) is 19.2. The summed E-state index contributed by atoms with van der Waals surface area (Å²) in [7, 11) is 0. The second-order valence-electron chi connectivity index (χ2n) is 6.09. The van der Waals surface area contributed by atoms with Gasteiger partial charge in [-0.15, -0.1) is 10.2 Å². The van der Waals surface area contributed by atoms with Crippen molar-refractivity contribution in [3.05, 3.63) is 59.7 Å². The lowest BCUT2D eigenvalue weighted by Gasteiger charge is -2.08. The quantitative estimate of drug-likeness (QED) is 0.420. The first-order valence-electron chi connectivity index (χ1n) is 9.01. The summed E-state index contributed by atoms with van der Waals surface area (Å²) >= 11 is 1.42. The zero-order valence-electron chi connectivity index (χ0n) is 15.8. The van der Waals surface area contributed by atoms with E-state index < -0.39 is 0 Å². The number of Topliss-reactive ketones (excluding diaryl/α,β-unsaturated/α-hetero) is 1. The van der Waals surface area contributed by atoms with Gasteiger partial charge in [0.1, 0.15) is 5.75 Å². The first-order chi connectivity index (χ1) is 13.1. The third-order valence-corrected chi connectivity index (χ3v) is 5.10. The second kappa shape index (κ2) is 8.86. The van der Waals surface area contributed by atoms with E-state index in [0.29, 0.717) is 17.9 Å². The molecular formula is C21H23N3O2S. The largest absolute Gasteiger partial charge is 0.494 e. The molecule has 0 amide bonds. The lowest BCUT2D eigenvalue weighted by molar-refractivity contribution is 0.102. The number of hydrogen-bond acceptors (Lipinski definition) is 5. The highest BCUT2D eigenvalue weighted by Crippen LogP contribution is 2.25. The van der Waals surface area contributed by atoms with Gasteiger partial charge in [0.25, 0.3) is 0 Å². The minimum Gasteiger partial charge on any atom is -0.494 e. The van der Waals surface area contributed by atoms with Gasteiger partial charge in [0.05, 0.1) is 12.4 Å². The van der Waals surface area contributed by atoms with Crippen LogP contribution in [0.5, 0.6) is 5.75 Å². The molecule has 3 rings (SSSR count). The molecule has 0 aliphatic heterocycles. The molecule has 6 heteroatoms. The average Bonchev–Trinajstić information content (AvgIpc) is 3.10. The van der Waals surface area contributed by atoms with E-state index in [1.165, 1.54) is 17.3 Å².